The largest absolute Gasteiger partial charge is 0.0654 e. The van der Waals surface area contributed by atoms with Crippen molar-refractivity contribution in [2.24, 2.45) is 5.92 Å². The standard InChI is InChI=1S/C29H60/c1-4-7-9-10-11-12-13-14-15-16-17-18-19-20-21-22-23-24-26-28-29(6-3)27-25-8-5-2/h29H,4-28H2,1-3H3. The van der Waals surface area contributed by atoms with E-state index >= 15 is 0 Å². The molecule has 0 bridgehead atoms. The Balaban J connectivity index is 3.13. The second-order valence-corrected chi connectivity index (χ2v) is 9.92. The van der Waals surface area contributed by atoms with Gasteiger partial charge in [-0.05, 0) is 5.92 Å². The molecule has 0 saturated carbocycles. The fourth-order valence-corrected chi connectivity index (χ4v) is 4.75. The number of hydrogen-bond donors (Lipinski definition) is 0. The molecule has 0 aliphatic rings. The molecule has 1 unspecified atom stereocenters. The summed E-state index contributed by atoms with van der Waals surface area (Å²) in [6.07, 6.45) is 36.8. The van der Waals surface area contributed by atoms with E-state index in [2.05, 4.69) is 20.8 Å². The molecule has 0 amide bonds. The molecule has 0 aliphatic heterocycles. The Morgan fingerprint density at radius 2 is 0.552 bits per heavy atom. The van der Waals surface area contributed by atoms with Gasteiger partial charge < -0.3 is 0 Å². The maximum Gasteiger partial charge on any atom is -0.0417 e. The van der Waals surface area contributed by atoms with E-state index in [1.54, 1.807) is 0 Å². The molecule has 0 rings (SSSR count). The summed E-state index contributed by atoms with van der Waals surface area (Å²) in [5.74, 6) is 1.02. The molecule has 0 aromatic rings. The Morgan fingerprint density at radius 1 is 0.310 bits per heavy atom. The summed E-state index contributed by atoms with van der Waals surface area (Å²) in [4.78, 5) is 0. The van der Waals surface area contributed by atoms with Crippen molar-refractivity contribution in [1.82, 2.24) is 0 Å². The highest BCUT2D eigenvalue weighted by molar-refractivity contribution is 4.59. The van der Waals surface area contributed by atoms with Crippen molar-refractivity contribution in [3.8, 4) is 0 Å². The van der Waals surface area contributed by atoms with Crippen LogP contribution in [0.5, 0.6) is 0 Å². The molecule has 0 nitrogen and oxygen atoms in total. The Bertz CT molecular complexity index is 269. The monoisotopic (exact) mass is 408 g/mol. The lowest BCUT2D eigenvalue weighted by atomic mass is 9.92. The molecule has 0 aromatic carbocycles. The average molecular weight is 409 g/mol. The van der Waals surface area contributed by atoms with Gasteiger partial charge in [0.2, 0.25) is 0 Å². The minimum atomic E-state index is 1.02. The molecule has 0 heteroatoms. The van der Waals surface area contributed by atoms with E-state index in [0.29, 0.717) is 0 Å². The highest BCUT2D eigenvalue weighted by Crippen LogP contribution is 2.21. The van der Waals surface area contributed by atoms with Gasteiger partial charge in [0.15, 0.2) is 0 Å². The van der Waals surface area contributed by atoms with Gasteiger partial charge in [-0.1, -0.05) is 181 Å². The van der Waals surface area contributed by atoms with E-state index in [9.17, 15) is 0 Å². The summed E-state index contributed by atoms with van der Waals surface area (Å²) in [6, 6.07) is 0. The molecule has 0 heterocycles. The first-order valence-electron chi connectivity index (χ1n) is 14.3. The van der Waals surface area contributed by atoms with Crippen LogP contribution in [0, 0.1) is 5.92 Å². The summed E-state index contributed by atoms with van der Waals surface area (Å²) in [7, 11) is 0. The normalized spacial score (nSPS) is 12.5. The smallest absolute Gasteiger partial charge is 0.0417 e. The Morgan fingerprint density at radius 3 is 0.862 bits per heavy atom. The lowest BCUT2D eigenvalue weighted by Gasteiger charge is -2.14. The zero-order valence-corrected chi connectivity index (χ0v) is 21.3. The second kappa shape index (κ2) is 26.0. The van der Waals surface area contributed by atoms with Gasteiger partial charge in [0, 0.05) is 0 Å². The van der Waals surface area contributed by atoms with Gasteiger partial charge in [-0.2, -0.15) is 0 Å². The predicted molar refractivity (Wildman–Crippen MR) is 136 cm³/mol. The van der Waals surface area contributed by atoms with Crippen LogP contribution < -0.4 is 0 Å². The summed E-state index contributed by atoms with van der Waals surface area (Å²) in [6.45, 7) is 7.02. The van der Waals surface area contributed by atoms with Gasteiger partial charge in [-0.15, -0.1) is 0 Å². The van der Waals surface area contributed by atoms with Crippen molar-refractivity contribution < 1.29 is 0 Å². The third-order valence-corrected chi connectivity index (χ3v) is 7.01. The van der Waals surface area contributed by atoms with Gasteiger partial charge in [0.1, 0.15) is 0 Å². The number of rotatable bonds is 25. The minimum absolute atomic E-state index is 1.02. The molecule has 0 saturated heterocycles. The fraction of sp³-hybridized carbons (Fsp3) is 1.00. The summed E-state index contributed by atoms with van der Waals surface area (Å²) < 4.78 is 0. The molecule has 1 atom stereocenters. The lowest BCUT2D eigenvalue weighted by molar-refractivity contribution is 0.395. The zero-order valence-electron chi connectivity index (χ0n) is 21.3. The quantitative estimate of drug-likeness (QED) is 0.132. The fourth-order valence-electron chi connectivity index (χ4n) is 4.75. The Hall–Kier alpha value is 0. The molecule has 29 heavy (non-hydrogen) atoms. The summed E-state index contributed by atoms with van der Waals surface area (Å²) in [5, 5.41) is 0. The van der Waals surface area contributed by atoms with Crippen LogP contribution in [-0.4, -0.2) is 0 Å². The van der Waals surface area contributed by atoms with Gasteiger partial charge in [0.05, 0.1) is 0 Å². The van der Waals surface area contributed by atoms with E-state index in [1.165, 1.54) is 161 Å². The molecule has 0 radical (unpaired) electrons. The van der Waals surface area contributed by atoms with Crippen molar-refractivity contribution in [3.05, 3.63) is 0 Å². The summed E-state index contributed by atoms with van der Waals surface area (Å²) >= 11 is 0. The van der Waals surface area contributed by atoms with Crippen LogP contribution in [0.25, 0.3) is 0 Å². The van der Waals surface area contributed by atoms with Crippen molar-refractivity contribution in [3.63, 3.8) is 0 Å². The molecule has 0 aliphatic carbocycles. The molecule has 0 fully saturated rings. The van der Waals surface area contributed by atoms with Crippen molar-refractivity contribution in [2.75, 3.05) is 0 Å². The van der Waals surface area contributed by atoms with Crippen LogP contribution >= 0.6 is 0 Å². The van der Waals surface area contributed by atoms with E-state index in [0.717, 1.165) is 5.92 Å². The average Bonchev–Trinajstić information content (AvgIpc) is 2.74. The van der Waals surface area contributed by atoms with Crippen molar-refractivity contribution in [2.45, 2.75) is 181 Å². The van der Waals surface area contributed by atoms with E-state index in [1.807, 2.05) is 0 Å². The van der Waals surface area contributed by atoms with Crippen LogP contribution in [0.3, 0.4) is 0 Å². The second-order valence-electron chi connectivity index (χ2n) is 9.92. The lowest BCUT2D eigenvalue weighted by Crippen LogP contribution is -1.99. The third-order valence-electron chi connectivity index (χ3n) is 7.01. The molecular weight excluding hydrogens is 348 g/mol. The first-order chi connectivity index (χ1) is 14.3. The minimum Gasteiger partial charge on any atom is -0.0654 e. The van der Waals surface area contributed by atoms with Crippen LogP contribution in [0.1, 0.15) is 181 Å². The van der Waals surface area contributed by atoms with E-state index in [-0.39, 0.29) is 0 Å². The molecule has 0 spiro atoms. The molecular formula is C29H60. The Kier molecular flexibility index (Phi) is 26.0. The van der Waals surface area contributed by atoms with Gasteiger partial charge in [0.25, 0.3) is 0 Å². The van der Waals surface area contributed by atoms with Crippen LogP contribution in [0.15, 0.2) is 0 Å². The topological polar surface area (TPSA) is 0 Å². The first-order valence-corrected chi connectivity index (χ1v) is 14.3. The van der Waals surface area contributed by atoms with Crippen molar-refractivity contribution in [1.29, 1.82) is 0 Å². The van der Waals surface area contributed by atoms with Crippen LogP contribution in [0.2, 0.25) is 0 Å². The highest BCUT2D eigenvalue weighted by Gasteiger charge is 2.05. The number of hydrogen-bond acceptors (Lipinski definition) is 0. The molecule has 0 aromatic heterocycles. The zero-order chi connectivity index (χ0) is 21.3. The third kappa shape index (κ3) is 24.1. The van der Waals surface area contributed by atoms with Crippen LogP contribution in [0.4, 0.5) is 0 Å². The molecule has 176 valence electrons. The Labute approximate surface area is 187 Å². The van der Waals surface area contributed by atoms with E-state index < -0.39 is 0 Å². The van der Waals surface area contributed by atoms with Crippen LogP contribution in [-0.2, 0) is 0 Å². The van der Waals surface area contributed by atoms with Gasteiger partial charge in [-0.25, -0.2) is 0 Å². The maximum atomic E-state index is 2.40. The SMILES string of the molecule is CCCCCCCCCCCCCCCCCCCCCC(CC)CCCCC. The predicted octanol–water partition coefficient (Wildman–Crippen LogP) is 11.4. The number of unbranched alkanes of at least 4 members (excludes halogenated alkanes) is 20. The van der Waals surface area contributed by atoms with Gasteiger partial charge >= 0.3 is 0 Å². The van der Waals surface area contributed by atoms with E-state index in [4.69, 9.17) is 0 Å². The van der Waals surface area contributed by atoms with Gasteiger partial charge in [-0.3, -0.25) is 0 Å². The molecule has 0 N–H and O–H groups in total. The van der Waals surface area contributed by atoms with Crippen molar-refractivity contribution >= 4 is 0 Å². The summed E-state index contributed by atoms with van der Waals surface area (Å²) in [5.41, 5.74) is 0. The maximum absolute atomic E-state index is 2.40. The highest BCUT2D eigenvalue weighted by atomic mass is 14.1. The first kappa shape index (κ1) is 29.0.